The molecular formula is C15H26N2O2. The second-order valence-corrected chi connectivity index (χ2v) is 6.65. The fraction of sp³-hybridized carbons (Fsp3) is 0.933. The number of amides is 1. The maximum atomic E-state index is 12.4. The molecule has 3 atom stereocenters. The average molecular weight is 266 g/mol. The second-order valence-electron chi connectivity index (χ2n) is 6.65. The van der Waals surface area contributed by atoms with E-state index in [1.165, 1.54) is 12.8 Å². The van der Waals surface area contributed by atoms with Gasteiger partial charge in [-0.2, -0.15) is 0 Å². The fourth-order valence-electron chi connectivity index (χ4n) is 3.80. The van der Waals surface area contributed by atoms with E-state index in [0.717, 1.165) is 45.3 Å². The molecule has 4 nitrogen and oxygen atoms in total. The van der Waals surface area contributed by atoms with Crippen LogP contribution in [0.2, 0.25) is 0 Å². The largest absolute Gasteiger partial charge is 0.381 e. The lowest BCUT2D eigenvalue weighted by atomic mass is 9.80. The van der Waals surface area contributed by atoms with E-state index in [4.69, 9.17) is 4.74 Å². The van der Waals surface area contributed by atoms with Crippen molar-refractivity contribution in [1.29, 1.82) is 0 Å². The van der Waals surface area contributed by atoms with Crippen LogP contribution < -0.4 is 5.32 Å². The van der Waals surface area contributed by atoms with E-state index in [2.05, 4.69) is 17.1 Å². The van der Waals surface area contributed by atoms with Gasteiger partial charge < -0.3 is 15.0 Å². The molecule has 0 aromatic heterocycles. The molecule has 3 rings (SSSR count). The highest BCUT2D eigenvalue weighted by Crippen LogP contribution is 2.32. The lowest BCUT2D eigenvalue weighted by Gasteiger charge is -2.35. The Hall–Kier alpha value is -0.610. The molecule has 3 heterocycles. The number of carbonyl (C=O) groups is 1. The van der Waals surface area contributed by atoms with Crippen LogP contribution in [0.25, 0.3) is 0 Å². The number of hydrogen-bond acceptors (Lipinski definition) is 3. The molecule has 19 heavy (non-hydrogen) atoms. The number of hydrogen-bond donors (Lipinski definition) is 1. The molecule has 3 saturated heterocycles. The average Bonchev–Trinajstić information content (AvgIpc) is 2.89. The van der Waals surface area contributed by atoms with Crippen molar-refractivity contribution in [3.63, 3.8) is 0 Å². The van der Waals surface area contributed by atoms with Gasteiger partial charge in [-0.05, 0) is 43.1 Å². The molecule has 0 radical (unpaired) electrons. The first-order chi connectivity index (χ1) is 9.24. The molecule has 0 bridgehead atoms. The first kappa shape index (κ1) is 13.4. The van der Waals surface area contributed by atoms with Crippen LogP contribution in [-0.4, -0.2) is 50.2 Å². The van der Waals surface area contributed by atoms with Crippen molar-refractivity contribution in [2.45, 2.75) is 26.2 Å². The summed E-state index contributed by atoms with van der Waals surface area (Å²) < 4.78 is 5.69. The monoisotopic (exact) mass is 266 g/mol. The molecule has 0 saturated carbocycles. The molecule has 0 aromatic rings. The van der Waals surface area contributed by atoms with Crippen molar-refractivity contribution >= 4 is 5.91 Å². The highest BCUT2D eigenvalue weighted by Gasteiger charge is 2.38. The summed E-state index contributed by atoms with van der Waals surface area (Å²) in [6.45, 7) is 7.99. The molecule has 0 spiro atoms. The molecule has 3 fully saturated rings. The van der Waals surface area contributed by atoms with Crippen LogP contribution in [0.1, 0.15) is 26.2 Å². The zero-order valence-electron chi connectivity index (χ0n) is 11.9. The lowest BCUT2D eigenvalue weighted by molar-refractivity contribution is -0.136. The van der Waals surface area contributed by atoms with Gasteiger partial charge in [0.2, 0.25) is 5.91 Å². The van der Waals surface area contributed by atoms with E-state index in [0.29, 0.717) is 30.1 Å². The summed E-state index contributed by atoms with van der Waals surface area (Å²) in [7, 11) is 0. The van der Waals surface area contributed by atoms with Gasteiger partial charge in [0, 0.05) is 26.1 Å². The first-order valence-corrected chi connectivity index (χ1v) is 7.80. The van der Waals surface area contributed by atoms with Crippen molar-refractivity contribution in [3.05, 3.63) is 0 Å². The Morgan fingerprint density at radius 3 is 2.84 bits per heavy atom. The third kappa shape index (κ3) is 2.95. The number of likely N-dealkylation sites (tertiary alicyclic amines) is 1. The van der Waals surface area contributed by atoms with Gasteiger partial charge in [-0.3, -0.25) is 4.79 Å². The minimum absolute atomic E-state index is 0.355. The number of piperidine rings is 1. The zero-order chi connectivity index (χ0) is 13.2. The van der Waals surface area contributed by atoms with Crippen LogP contribution in [0, 0.1) is 23.7 Å². The molecule has 0 aliphatic carbocycles. The second kappa shape index (κ2) is 5.80. The summed E-state index contributed by atoms with van der Waals surface area (Å²) in [5, 5.41) is 3.45. The normalized spacial score (nSPS) is 36.3. The van der Waals surface area contributed by atoms with Crippen LogP contribution in [0.4, 0.5) is 0 Å². The number of rotatable bonds is 2. The van der Waals surface area contributed by atoms with Gasteiger partial charge in [0.15, 0.2) is 0 Å². The predicted molar refractivity (Wildman–Crippen MR) is 73.8 cm³/mol. The fourth-order valence-corrected chi connectivity index (χ4v) is 3.80. The van der Waals surface area contributed by atoms with Crippen molar-refractivity contribution in [2.24, 2.45) is 23.7 Å². The summed E-state index contributed by atoms with van der Waals surface area (Å²) in [5.74, 6) is 2.86. The Labute approximate surface area is 115 Å². The lowest BCUT2D eigenvalue weighted by Crippen LogP contribution is -2.42. The van der Waals surface area contributed by atoms with Crippen LogP contribution in [0.15, 0.2) is 0 Å². The summed E-state index contributed by atoms with van der Waals surface area (Å²) >= 11 is 0. The Kier molecular flexibility index (Phi) is 4.08. The molecule has 1 amide bonds. The van der Waals surface area contributed by atoms with Gasteiger partial charge in [-0.1, -0.05) is 6.92 Å². The summed E-state index contributed by atoms with van der Waals surface area (Å²) in [4.78, 5) is 14.5. The van der Waals surface area contributed by atoms with E-state index < -0.39 is 0 Å². The summed E-state index contributed by atoms with van der Waals surface area (Å²) in [6, 6.07) is 0. The third-order valence-electron chi connectivity index (χ3n) is 5.23. The summed E-state index contributed by atoms with van der Waals surface area (Å²) in [6.07, 6.45) is 3.03. The minimum Gasteiger partial charge on any atom is -0.381 e. The van der Waals surface area contributed by atoms with Crippen LogP contribution in [0.5, 0.6) is 0 Å². The summed E-state index contributed by atoms with van der Waals surface area (Å²) in [5.41, 5.74) is 0. The maximum Gasteiger partial charge on any atom is 0.222 e. The molecule has 4 heteroatoms. The molecule has 0 unspecified atom stereocenters. The maximum absolute atomic E-state index is 12.4. The number of ether oxygens (including phenoxy) is 1. The van der Waals surface area contributed by atoms with Gasteiger partial charge in [-0.25, -0.2) is 0 Å². The Bertz CT molecular complexity index is 326. The Morgan fingerprint density at radius 2 is 2.05 bits per heavy atom. The number of nitrogens with zero attached hydrogens (tertiary/aromatic N) is 1. The quantitative estimate of drug-likeness (QED) is 0.814. The molecule has 3 aliphatic heterocycles. The topological polar surface area (TPSA) is 41.6 Å². The zero-order valence-corrected chi connectivity index (χ0v) is 11.9. The van der Waals surface area contributed by atoms with Crippen molar-refractivity contribution < 1.29 is 9.53 Å². The molecular weight excluding hydrogens is 240 g/mol. The van der Waals surface area contributed by atoms with Crippen LogP contribution >= 0.6 is 0 Å². The smallest absolute Gasteiger partial charge is 0.222 e. The molecule has 1 N–H and O–H groups in total. The van der Waals surface area contributed by atoms with E-state index in [-0.39, 0.29) is 0 Å². The van der Waals surface area contributed by atoms with Crippen molar-refractivity contribution in [3.8, 4) is 0 Å². The van der Waals surface area contributed by atoms with E-state index >= 15 is 0 Å². The van der Waals surface area contributed by atoms with Gasteiger partial charge >= 0.3 is 0 Å². The third-order valence-corrected chi connectivity index (χ3v) is 5.23. The van der Waals surface area contributed by atoms with E-state index in [1.54, 1.807) is 0 Å². The van der Waals surface area contributed by atoms with Crippen LogP contribution in [0.3, 0.4) is 0 Å². The van der Waals surface area contributed by atoms with Crippen molar-refractivity contribution in [2.75, 3.05) is 39.4 Å². The standard InChI is InChI=1S/C15H26N2O2/c1-11-2-4-17(5-3-11)15(18)6-12-9-19-10-13-7-16-8-14(12)13/h11-14,16H,2-10H2,1H3/t12-,13-,14+/m1/s1. The molecule has 108 valence electrons. The van der Waals surface area contributed by atoms with E-state index in [9.17, 15) is 4.79 Å². The van der Waals surface area contributed by atoms with Gasteiger partial charge in [0.25, 0.3) is 0 Å². The number of carbonyl (C=O) groups excluding carboxylic acids is 1. The Morgan fingerprint density at radius 1 is 1.26 bits per heavy atom. The molecule has 0 aromatic carbocycles. The highest BCUT2D eigenvalue weighted by molar-refractivity contribution is 5.76. The van der Waals surface area contributed by atoms with Crippen molar-refractivity contribution in [1.82, 2.24) is 10.2 Å². The first-order valence-electron chi connectivity index (χ1n) is 7.80. The van der Waals surface area contributed by atoms with Gasteiger partial charge in [-0.15, -0.1) is 0 Å². The number of fused-ring (bicyclic) bond motifs is 1. The van der Waals surface area contributed by atoms with Gasteiger partial charge in [0.1, 0.15) is 0 Å². The Balaban J connectivity index is 1.54. The number of nitrogens with one attached hydrogen (secondary N) is 1. The van der Waals surface area contributed by atoms with E-state index in [1.807, 2.05) is 0 Å². The van der Waals surface area contributed by atoms with Crippen LogP contribution in [-0.2, 0) is 9.53 Å². The molecule has 3 aliphatic rings. The minimum atomic E-state index is 0.355. The predicted octanol–water partition coefficient (Wildman–Crippen LogP) is 1.12. The highest BCUT2D eigenvalue weighted by atomic mass is 16.5. The van der Waals surface area contributed by atoms with Gasteiger partial charge in [0.05, 0.1) is 13.2 Å². The SMILES string of the molecule is CC1CCN(C(=O)C[C@@H]2COC[C@H]3CNC[C@H]32)CC1.